The molecule has 7 heteroatoms. The number of methoxy groups -OCH3 is 1. The van der Waals surface area contributed by atoms with Crippen LogP contribution in [0.15, 0.2) is 29.4 Å². The van der Waals surface area contributed by atoms with Crippen molar-refractivity contribution in [3.05, 3.63) is 41.2 Å². The number of hydrogen-bond donors (Lipinski definition) is 1. The number of rotatable bonds is 7. The van der Waals surface area contributed by atoms with E-state index in [1.54, 1.807) is 31.4 Å². The predicted octanol–water partition coefficient (Wildman–Crippen LogP) is 3.21. The number of ether oxygens (including phenoxy) is 1. The summed E-state index contributed by atoms with van der Waals surface area (Å²) in [6.07, 6.45) is 0. The van der Waals surface area contributed by atoms with Gasteiger partial charge in [-0.25, -0.2) is 4.98 Å². The molecule has 0 atom stereocenters. The maximum atomic E-state index is 12.1. The molecule has 0 saturated carbocycles. The number of carbonyl (C=O) groups is 2. The highest BCUT2D eigenvalue weighted by Gasteiger charge is 2.16. The van der Waals surface area contributed by atoms with Crippen molar-refractivity contribution in [3.8, 4) is 5.75 Å². The smallest absolute Gasteiger partial charge is 0.257 e. The number of amides is 2. The lowest BCUT2D eigenvalue weighted by Crippen LogP contribution is -2.31. The van der Waals surface area contributed by atoms with Crippen molar-refractivity contribution in [3.63, 3.8) is 0 Å². The van der Waals surface area contributed by atoms with Crippen LogP contribution in [0.25, 0.3) is 0 Å². The first-order valence-electron chi connectivity index (χ1n) is 8.46. The molecule has 6 nitrogen and oxygen atoms in total. The Labute approximate surface area is 158 Å². The van der Waals surface area contributed by atoms with Crippen molar-refractivity contribution in [1.29, 1.82) is 0 Å². The van der Waals surface area contributed by atoms with Gasteiger partial charge in [0.15, 0.2) is 5.16 Å². The normalized spacial score (nSPS) is 10.8. The zero-order valence-electron chi connectivity index (χ0n) is 15.8. The first-order valence-corrected chi connectivity index (χ1v) is 9.45. The number of aryl methyl sites for hydroxylation is 1. The molecular formula is C19H25N3O3S. The second-order valence-electron chi connectivity index (χ2n) is 6.46. The minimum Gasteiger partial charge on any atom is -0.497 e. The van der Waals surface area contributed by atoms with Crippen LogP contribution >= 0.6 is 11.8 Å². The second-order valence-corrected chi connectivity index (χ2v) is 7.41. The van der Waals surface area contributed by atoms with Gasteiger partial charge >= 0.3 is 0 Å². The number of benzene rings is 1. The van der Waals surface area contributed by atoms with Gasteiger partial charge in [-0.3, -0.25) is 14.9 Å². The van der Waals surface area contributed by atoms with Crippen LogP contribution < -0.4 is 10.1 Å². The van der Waals surface area contributed by atoms with Gasteiger partial charge in [-0.15, -0.1) is 0 Å². The van der Waals surface area contributed by atoms with Crippen LogP contribution in [0.2, 0.25) is 0 Å². The van der Waals surface area contributed by atoms with E-state index < -0.39 is 5.91 Å². The standard InChI is InChI=1S/C19H25N3O3S/c1-12(2)10-22-14(4)13(3)20-19(22)26-11-17(23)21-18(24)15-6-8-16(25-5)9-7-15/h6-9,12H,10-11H2,1-5H3,(H,21,23,24). The molecule has 2 amide bonds. The Balaban J connectivity index is 1.96. The van der Waals surface area contributed by atoms with Gasteiger partial charge in [-0.05, 0) is 44.0 Å². The zero-order valence-corrected chi connectivity index (χ0v) is 16.6. The van der Waals surface area contributed by atoms with E-state index in [2.05, 4.69) is 28.7 Å². The van der Waals surface area contributed by atoms with E-state index in [1.165, 1.54) is 11.8 Å². The van der Waals surface area contributed by atoms with Crippen molar-refractivity contribution < 1.29 is 14.3 Å². The molecule has 0 bridgehead atoms. The fraction of sp³-hybridized carbons (Fsp3) is 0.421. The van der Waals surface area contributed by atoms with Crippen LogP contribution in [-0.4, -0.2) is 34.2 Å². The molecule has 0 aliphatic rings. The van der Waals surface area contributed by atoms with Gasteiger partial charge in [0.25, 0.3) is 5.91 Å². The molecule has 0 unspecified atom stereocenters. The Kier molecular flexibility index (Phi) is 6.85. The summed E-state index contributed by atoms with van der Waals surface area (Å²) in [7, 11) is 1.56. The molecule has 0 aliphatic carbocycles. The van der Waals surface area contributed by atoms with E-state index in [1.807, 2.05) is 13.8 Å². The van der Waals surface area contributed by atoms with E-state index in [0.29, 0.717) is 17.2 Å². The van der Waals surface area contributed by atoms with Crippen LogP contribution in [0.1, 0.15) is 35.6 Å². The van der Waals surface area contributed by atoms with Gasteiger partial charge in [-0.1, -0.05) is 25.6 Å². The molecule has 0 saturated heterocycles. The van der Waals surface area contributed by atoms with Gasteiger partial charge in [0.05, 0.1) is 18.6 Å². The minimum absolute atomic E-state index is 0.135. The third kappa shape index (κ3) is 5.11. The van der Waals surface area contributed by atoms with Crippen LogP contribution in [0.3, 0.4) is 0 Å². The first kappa shape index (κ1) is 20.0. The molecule has 140 valence electrons. The van der Waals surface area contributed by atoms with Gasteiger partial charge in [0.2, 0.25) is 5.91 Å². The third-order valence-corrected chi connectivity index (χ3v) is 4.88. The number of nitrogens with one attached hydrogen (secondary N) is 1. The maximum absolute atomic E-state index is 12.1. The van der Waals surface area contributed by atoms with Gasteiger partial charge in [-0.2, -0.15) is 0 Å². The van der Waals surface area contributed by atoms with E-state index in [4.69, 9.17) is 4.74 Å². The second kappa shape index (κ2) is 8.89. The summed E-state index contributed by atoms with van der Waals surface area (Å²) in [6, 6.07) is 6.61. The van der Waals surface area contributed by atoms with E-state index in [0.717, 1.165) is 23.1 Å². The Hall–Kier alpha value is -2.28. The number of imide groups is 1. The monoisotopic (exact) mass is 375 g/mol. The number of carbonyl (C=O) groups excluding carboxylic acids is 2. The lowest BCUT2D eigenvalue weighted by Gasteiger charge is -2.12. The van der Waals surface area contributed by atoms with Crippen LogP contribution in [-0.2, 0) is 11.3 Å². The molecule has 0 fully saturated rings. The van der Waals surface area contributed by atoms with Gasteiger partial charge < -0.3 is 9.30 Å². The Morgan fingerprint density at radius 1 is 1.23 bits per heavy atom. The molecule has 1 aromatic carbocycles. The third-order valence-electron chi connectivity index (χ3n) is 3.91. The Bertz CT molecular complexity index is 782. The van der Waals surface area contributed by atoms with Crippen LogP contribution in [0, 0.1) is 19.8 Å². The molecule has 0 radical (unpaired) electrons. The highest BCUT2D eigenvalue weighted by atomic mass is 32.2. The summed E-state index contributed by atoms with van der Waals surface area (Å²) in [4.78, 5) is 28.8. The number of nitrogens with zero attached hydrogens (tertiary/aromatic N) is 2. The summed E-state index contributed by atoms with van der Waals surface area (Å²) in [5, 5.41) is 3.22. The summed E-state index contributed by atoms with van der Waals surface area (Å²) in [5.41, 5.74) is 2.48. The number of imidazole rings is 1. The molecular weight excluding hydrogens is 350 g/mol. The zero-order chi connectivity index (χ0) is 19.3. The SMILES string of the molecule is COc1ccc(C(=O)NC(=O)CSc2nc(C)c(C)n2CC(C)C)cc1. The molecule has 0 spiro atoms. The topological polar surface area (TPSA) is 73.2 Å². The lowest BCUT2D eigenvalue weighted by atomic mass is 10.2. The molecule has 2 rings (SSSR count). The van der Waals surface area contributed by atoms with E-state index in [9.17, 15) is 9.59 Å². The van der Waals surface area contributed by atoms with Crippen molar-refractivity contribution in [2.24, 2.45) is 5.92 Å². The predicted molar refractivity (Wildman–Crippen MR) is 103 cm³/mol. The quantitative estimate of drug-likeness (QED) is 0.752. The molecule has 2 aromatic rings. The highest BCUT2D eigenvalue weighted by molar-refractivity contribution is 7.99. The average Bonchev–Trinajstić information content (AvgIpc) is 2.87. The average molecular weight is 375 g/mol. The Morgan fingerprint density at radius 2 is 1.88 bits per heavy atom. The fourth-order valence-electron chi connectivity index (χ4n) is 2.42. The molecule has 0 aliphatic heterocycles. The number of aromatic nitrogens is 2. The Morgan fingerprint density at radius 3 is 2.46 bits per heavy atom. The number of thioether (sulfide) groups is 1. The highest BCUT2D eigenvalue weighted by Crippen LogP contribution is 2.22. The van der Waals surface area contributed by atoms with Crippen molar-refractivity contribution in [2.45, 2.75) is 39.4 Å². The molecule has 26 heavy (non-hydrogen) atoms. The van der Waals surface area contributed by atoms with Crippen molar-refractivity contribution in [1.82, 2.24) is 14.9 Å². The fourth-order valence-corrected chi connectivity index (χ4v) is 3.32. The summed E-state index contributed by atoms with van der Waals surface area (Å²) < 4.78 is 7.18. The van der Waals surface area contributed by atoms with Crippen molar-refractivity contribution >= 4 is 23.6 Å². The lowest BCUT2D eigenvalue weighted by molar-refractivity contribution is -0.117. The molecule has 1 aromatic heterocycles. The van der Waals surface area contributed by atoms with Crippen molar-refractivity contribution in [2.75, 3.05) is 12.9 Å². The summed E-state index contributed by atoms with van der Waals surface area (Å²) >= 11 is 1.34. The summed E-state index contributed by atoms with van der Waals surface area (Å²) in [5.74, 6) is 0.509. The van der Waals surface area contributed by atoms with Crippen LogP contribution in [0.4, 0.5) is 0 Å². The van der Waals surface area contributed by atoms with Gasteiger partial charge in [0.1, 0.15) is 5.75 Å². The van der Waals surface area contributed by atoms with Crippen LogP contribution in [0.5, 0.6) is 5.75 Å². The molecule has 1 N–H and O–H groups in total. The first-order chi connectivity index (χ1) is 12.3. The molecule has 1 heterocycles. The van der Waals surface area contributed by atoms with E-state index >= 15 is 0 Å². The number of hydrogen-bond acceptors (Lipinski definition) is 5. The van der Waals surface area contributed by atoms with E-state index in [-0.39, 0.29) is 11.7 Å². The minimum atomic E-state index is -0.420. The van der Waals surface area contributed by atoms with Gasteiger partial charge in [0, 0.05) is 17.8 Å². The summed E-state index contributed by atoms with van der Waals surface area (Å²) in [6.45, 7) is 9.12. The maximum Gasteiger partial charge on any atom is 0.257 e. The largest absolute Gasteiger partial charge is 0.497 e.